The number of nitrogens with zero attached hydrogens (tertiary/aromatic N) is 2. The largest absolute Gasteiger partial charge is 0.493 e. The van der Waals surface area contributed by atoms with E-state index in [4.69, 9.17) is 9.47 Å². The van der Waals surface area contributed by atoms with Gasteiger partial charge in [-0.1, -0.05) is 6.07 Å². The fraction of sp³-hybridized carbons (Fsp3) is 0.286. The van der Waals surface area contributed by atoms with Gasteiger partial charge in [-0.15, -0.1) is 0 Å². The number of aromatic nitrogens is 2. The van der Waals surface area contributed by atoms with Crippen LogP contribution in [-0.2, 0) is 0 Å². The zero-order valence-electron chi connectivity index (χ0n) is 11.6. The molecule has 1 unspecified atom stereocenters. The molecule has 0 amide bonds. The molecule has 0 bridgehead atoms. The smallest absolute Gasteiger partial charge is 0.161 e. The zero-order valence-corrected chi connectivity index (χ0v) is 13.7. The van der Waals surface area contributed by atoms with Crippen LogP contribution in [0.15, 0.2) is 30.7 Å². The highest BCUT2D eigenvalue weighted by molar-refractivity contribution is 14.1. The third-order valence-corrected chi connectivity index (χ3v) is 3.72. The first kappa shape index (κ1) is 14.8. The molecule has 1 aromatic carbocycles. The number of halogens is 1. The lowest BCUT2D eigenvalue weighted by molar-refractivity contribution is 0.354. The van der Waals surface area contributed by atoms with Crippen LogP contribution in [0.1, 0.15) is 18.5 Å². The molecule has 0 saturated carbocycles. The highest BCUT2D eigenvalue weighted by Crippen LogP contribution is 2.31. The first-order valence-electron chi connectivity index (χ1n) is 6.09. The van der Waals surface area contributed by atoms with E-state index < -0.39 is 0 Å². The van der Waals surface area contributed by atoms with Crippen LogP contribution in [0.3, 0.4) is 0 Å². The quantitative estimate of drug-likeness (QED) is 0.801. The molecule has 5 nitrogen and oxygen atoms in total. The minimum absolute atomic E-state index is 0.0956. The molecule has 106 valence electrons. The number of methoxy groups -OCH3 is 2. The molecule has 1 N–H and O–H groups in total. The van der Waals surface area contributed by atoms with E-state index in [-0.39, 0.29) is 6.04 Å². The molecule has 20 heavy (non-hydrogen) atoms. The van der Waals surface area contributed by atoms with Crippen molar-refractivity contribution in [3.63, 3.8) is 0 Å². The number of anilines is 1. The van der Waals surface area contributed by atoms with Gasteiger partial charge in [-0.2, -0.15) is 0 Å². The summed E-state index contributed by atoms with van der Waals surface area (Å²) in [7, 11) is 3.26. The Kier molecular flexibility index (Phi) is 4.99. The Morgan fingerprint density at radius 2 is 1.95 bits per heavy atom. The van der Waals surface area contributed by atoms with Gasteiger partial charge < -0.3 is 14.8 Å². The molecular formula is C14H16IN3O2. The highest BCUT2D eigenvalue weighted by Gasteiger charge is 2.11. The van der Waals surface area contributed by atoms with E-state index in [0.717, 1.165) is 26.5 Å². The normalized spacial score (nSPS) is 11.8. The molecule has 1 aromatic heterocycles. The average molecular weight is 385 g/mol. The van der Waals surface area contributed by atoms with Crippen LogP contribution < -0.4 is 14.8 Å². The lowest BCUT2D eigenvalue weighted by Crippen LogP contribution is -2.09. The summed E-state index contributed by atoms with van der Waals surface area (Å²) in [5.41, 5.74) is 1.09. The van der Waals surface area contributed by atoms with Crippen molar-refractivity contribution in [1.82, 2.24) is 9.97 Å². The van der Waals surface area contributed by atoms with Gasteiger partial charge in [0, 0.05) is 6.20 Å². The molecule has 0 spiro atoms. The SMILES string of the molecule is COc1ccc(C(C)Nc2ncncc2I)cc1OC. The van der Waals surface area contributed by atoms with E-state index in [1.807, 2.05) is 18.2 Å². The first-order valence-corrected chi connectivity index (χ1v) is 7.17. The van der Waals surface area contributed by atoms with E-state index in [9.17, 15) is 0 Å². The van der Waals surface area contributed by atoms with Gasteiger partial charge in [0.25, 0.3) is 0 Å². The van der Waals surface area contributed by atoms with Gasteiger partial charge in [-0.05, 0) is 47.2 Å². The molecule has 0 aliphatic heterocycles. The van der Waals surface area contributed by atoms with Gasteiger partial charge in [-0.3, -0.25) is 0 Å². The van der Waals surface area contributed by atoms with Gasteiger partial charge in [0.1, 0.15) is 12.1 Å². The van der Waals surface area contributed by atoms with E-state index in [1.165, 1.54) is 6.33 Å². The number of nitrogens with one attached hydrogen (secondary N) is 1. The van der Waals surface area contributed by atoms with Crippen LogP contribution in [0.5, 0.6) is 11.5 Å². The average Bonchev–Trinajstić information content (AvgIpc) is 2.48. The van der Waals surface area contributed by atoms with Crippen molar-refractivity contribution in [3.05, 3.63) is 39.9 Å². The second kappa shape index (κ2) is 6.74. The first-order chi connectivity index (χ1) is 9.65. The predicted octanol–water partition coefficient (Wildman–Crippen LogP) is 3.27. The molecule has 0 fully saturated rings. The fourth-order valence-corrected chi connectivity index (χ4v) is 2.29. The number of benzene rings is 1. The second-order valence-electron chi connectivity index (χ2n) is 4.20. The van der Waals surface area contributed by atoms with Gasteiger partial charge in [-0.25, -0.2) is 9.97 Å². The standard InChI is InChI=1S/C14H16IN3O2/c1-9(18-14-11(15)7-16-8-17-14)10-4-5-12(19-2)13(6-10)20-3/h4-9H,1-3H3,(H,16,17,18). The Morgan fingerprint density at radius 3 is 2.60 bits per heavy atom. The molecule has 6 heteroatoms. The van der Waals surface area contributed by atoms with Crippen molar-refractivity contribution in [1.29, 1.82) is 0 Å². The Bertz CT molecular complexity index is 592. The zero-order chi connectivity index (χ0) is 14.5. The Morgan fingerprint density at radius 1 is 1.20 bits per heavy atom. The van der Waals surface area contributed by atoms with Crippen LogP contribution in [0.2, 0.25) is 0 Å². The van der Waals surface area contributed by atoms with Crippen molar-refractivity contribution in [2.75, 3.05) is 19.5 Å². The van der Waals surface area contributed by atoms with Crippen molar-refractivity contribution in [2.24, 2.45) is 0 Å². The second-order valence-corrected chi connectivity index (χ2v) is 5.36. The molecule has 0 saturated heterocycles. The summed E-state index contributed by atoms with van der Waals surface area (Å²) in [4.78, 5) is 8.21. The van der Waals surface area contributed by atoms with E-state index in [2.05, 4.69) is 44.8 Å². The summed E-state index contributed by atoms with van der Waals surface area (Å²) in [5, 5.41) is 3.36. The third kappa shape index (κ3) is 3.30. The summed E-state index contributed by atoms with van der Waals surface area (Å²) < 4.78 is 11.5. The number of ether oxygens (including phenoxy) is 2. The summed E-state index contributed by atoms with van der Waals surface area (Å²) in [5.74, 6) is 2.26. The molecule has 0 aliphatic carbocycles. The molecule has 1 atom stereocenters. The van der Waals surface area contributed by atoms with Crippen molar-refractivity contribution in [2.45, 2.75) is 13.0 Å². The van der Waals surface area contributed by atoms with Crippen molar-refractivity contribution >= 4 is 28.4 Å². The number of hydrogen-bond donors (Lipinski definition) is 1. The lowest BCUT2D eigenvalue weighted by Gasteiger charge is -2.17. The Balaban J connectivity index is 2.21. The lowest BCUT2D eigenvalue weighted by atomic mass is 10.1. The van der Waals surface area contributed by atoms with E-state index in [1.54, 1.807) is 20.4 Å². The number of hydrogen-bond acceptors (Lipinski definition) is 5. The summed E-state index contributed by atoms with van der Waals surface area (Å²) >= 11 is 2.21. The molecular weight excluding hydrogens is 369 g/mol. The van der Waals surface area contributed by atoms with Gasteiger partial charge in [0.05, 0.1) is 23.8 Å². The topological polar surface area (TPSA) is 56.3 Å². The molecule has 2 rings (SSSR count). The monoisotopic (exact) mass is 385 g/mol. The highest BCUT2D eigenvalue weighted by atomic mass is 127. The van der Waals surface area contributed by atoms with Gasteiger partial charge in [0.2, 0.25) is 0 Å². The third-order valence-electron chi connectivity index (χ3n) is 2.93. The van der Waals surface area contributed by atoms with E-state index >= 15 is 0 Å². The van der Waals surface area contributed by atoms with Crippen LogP contribution in [-0.4, -0.2) is 24.2 Å². The minimum Gasteiger partial charge on any atom is -0.493 e. The van der Waals surface area contributed by atoms with Gasteiger partial charge in [0.15, 0.2) is 11.5 Å². The van der Waals surface area contributed by atoms with Crippen LogP contribution in [0.4, 0.5) is 5.82 Å². The summed E-state index contributed by atoms with van der Waals surface area (Å²) in [6.45, 7) is 2.07. The molecule has 1 heterocycles. The number of rotatable bonds is 5. The summed E-state index contributed by atoms with van der Waals surface area (Å²) in [6.07, 6.45) is 3.31. The van der Waals surface area contributed by atoms with Crippen molar-refractivity contribution < 1.29 is 9.47 Å². The summed E-state index contributed by atoms with van der Waals surface area (Å²) in [6, 6.07) is 5.97. The maximum atomic E-state index is 5.32. The van der Waals surface area contributed by atoms with Crippen LogP contribution >= 0.6 is 22.6 Å². The van der Waals surface area contributed by atoms with Gasteiger partial charge >= 0.3 is 0 Å². The fourth-order valence-electron chi connectivity index (χ4n) is 1.83. The molecule has 0 aliphatic rings. The van der Waals surface area contributed by atoms with Crippen molar-refractivity contribution in [3.8, 4) is 11.5 Å². The maximum absolute atomic E-state index is 5.32. The predicted molar refractivity (Wildman–Crippen MR) is 86.3 cm³/mol. The van der Waals surface area contributed by atoms with Crippen LogP contribution in [0.25, 0.3) is 0 Å². The minimum atomic E-state index is 0.0956. The maximum Gasteiger partial charge on any atom is 0.161 e. The molecule has 2 aromatic rings. The Labute approximate surface area is 131 Å². The Hall–Kier alpha value is -1.57. The molecule has 0 radical (unpaired) electrons. The van der Waals surface area contributed by atoms with Crippen LogP contribution in [0, 0.1) is 3.57 Å². The van der Waals surface area contributed by atoms with E-state index in [0.29, 0.717) is 0 Å².